The summed E-state index contributed by atoms with van der Waals surface area (Å²) in [7, 11) is -3.32. The van der Waals surface area contributed by atoms with Gasteiger partial charge in [0.05, 0.1) is 5.69 Å². The average molecular weight is 252 g/mol. The first-order valence-electron chi connectivity index (χ1n) is 4.20. The molecule has 0 amide bonds. The zero-order chi connectivity index (χ0) is 12.3. The third-order valence-corrected chi connectivity index (χ3v) is 2.53. The van der Waals surface area contributed by atoms with E-state index in [-0.39, 0.29) is 9.99 Å². The number of benzene rings is 1. The first-order chi connectivity index (χ1) is 7.29. The number of hydrogen-bond acceptors (Lipinski definition) is 2. The van der Waals surface area contributed by atoms with Crippen molar-refractivity contribution in [2.24, 2.45) is 0 Å². The normalized spacial score (nSPS) is 11.8. The van der Waals surface area contributed by atoms with Crippen molar-refractivity contribution >= 4 is 16.6 Å². The molecule has 1 rings (SSSR count). The number of alkyl halides is 3. The Bertz CT molecular complexity index is 417. The fourth-order valence-corrected chi connectivity index (χ4v) is 1.68. The maximum absolute atomic E-state index is 12.1. The van der Waals surface area contributed by atoms with Crippen LogP contribution in [0.2, 0.25) is 0 Å². The highest BCUT2D eigenvalue weighted by Crippen LogP contribution is 2.22. The fraction of sp³-hybridized carbons (Fsp3) is 0.222. The van der Waals surface area contributed by atoms with Gasteiger partial charge in [0.15, 0.2) is 0 Å². The van der Waals surface area contributed by atoms with Gasteiger partial charge < -0.3 is 0 Å². The molecular formula is C9H9F3NO2S. The van der Waals surface area contributed by atoms with Gasteiger partial charge in [-0.25, -0.2) is 8.42 Å². The molecule has 16 heavy (non-hydrogen) atoms. The summed E-state index contributed by atoms with van der Waals surface area (Å²) in [6, 6.07) is 5.44. The summed E-state index contributed by atoms with van der Waals surface area (Å²) < 4.78 is 58.0. The Hall–Kier alpha value is -1.24. The highest BCUT2D eigenvalue weighted by Gasteiger charge is 2.32. The first kappa shape index (κ1) is 12.8. The van der Waals surface area contributed by atoms with Crippen LogP contribution in [-0.2, 0) is 10.9 Å². The minimum atomic E-state index is -4.57. The fourth-order valence-electron chi connectivity index (χ4n) is 1.08. The maximum Gasteiger partial charge on any atom is 0.407 e. The van der Waals surface area contributed by atoms with Gasteiger partial charge in [-0.1, -0.05) is 12.1 Å². The number of nitrogens with zero attached hydrogens (tertiary/aromatic N) is 1. The van der Waals surface area contributed by atoms with Crippen LogP contribution in [0.5, 0.6) is 0 Å². The Morgan fingerprint density at radius 1 is 1.19 bits per heavy atom. The van der Waals surface area contributed by atoms with Gasteiger partial charge in [0.2, 0.25) is 10.9 Å². The summed E-state index contributed by atoms with van der Waals surface area (Å²) in [6.07, 6.45) is -4.57. The third kappa shape index (κ3) is 3.73. The van der Waals surface area contributed by atoms with Crippen molar-refractivity contribution in [2.45, 2.75) is 6.18 Å². The van der Waals surface area contributed by atoms with Crippen LogP contribution >= 0.6 is 0 Å². The summed E-state index contributed by atoms with van der Waals surface area (Å²) >= 11 is 0. The molecule has 1 radical (unpaired) electrons. The van der Waals surface area contributed by atoms with Crippen molar-refractivity contribution in [2.75, 3.05) is 10.8 Å². The van der Waals surface area contributed by atoms with E-state index in [4.69, 9.17) is 0 Å². The van der Waals surface area contributed by atoms with E-state index >= 15 is 0 Å². The van der Waals surface area contributed by atoms with E-state index in [0.29, 0.717) is 5.56 Å². The quantitative estimate of drug-likeness (QED) is 0.832. The van der Waals surface area contributed by atoms with Crippen LogP contribution in [0.1, 0.15) is 5.56 Å². The molecule has 0 bridgehead atoms. The lowest BCUT2D eigenvalue weighted by molar-refractivity contribution is -0.117. The molecular weight excluding hydrogens is 243 g/mol. The Kier molecular flexibility index (Phi) is 3.79. The van der Waals surface area contributed by atoms with Crippen molar-refractivity contribution in [1.29, 1.82) is 0 Å². The van der Waals surface area contributed by atoms with Gasteiger partial charge in [-0.3, -0.25) is 4.31 Å². The Morgan fingerprint density at radius 3 is 2.06 bits per heavy atom. The lowest BCUT2D eigenvalue weighted by Gasteiger charge is -2.19. The van der Waals surface area contributed by atoms with Crippen LogP contribution in [0.3, 0.4) is 0 Å². The lowest BCUT2D eigenvalue weighted by Crippen LogP contribution is -2.33. The molecule has 0 aliphatic carbocycles. The van der Waals surface area contributed by atoms with Crippen molar-refractivity contribution in [3.8, 4) is 0 Å². The van der Waals surface area contributed by atoms with Crippen molar-refractivity contribution < 1.29 is 21.6 Å². The first-order valence-corrected chi connectivity index (χ1v) is 5.33. The van der Waals surface area contributed by atoms with Gasteiger partial charge in [0, 0.05) is 0 Å². The second-order valence-corrected chi connectivity index (χ2v) is 4.04. The number of thiol groups is 1. The molecule has 0 aliphatic heterocycles. The van der Waals surface area contributed by atoms with E-state index in [0.717, 1.165) is 0 Å². The monoisotopic (exact) mass is 252 g/mol. The van der Waals surface area contributed by atoms with E-state index in [1.54, 1.807) is 0 Å². The molecule has 0 saturated heterocycles. The molecule has 1 aromatic carbocycles. The molecule has 0 aliphatic rings. The predicted molar refractivity (Wildman–Crippen MR) is 54.6 cm³/mol. The number of anilines is 1. The summed E-state index contributed by atoms with van der Waals surface area (Å²) in [5, 5.41) is 0. The van der Waals surface area contributed by atoms with Crippen LogP contribution in [0.15, 0.2) is 24.3 Å². The number of halogens is 3. The van der Waals surface area contributed by atoms with E-state index in [1.807, 2.05) is 0 Å². The van der Waals surface area contributed by atoms with Gasteiger partial charge in [-0.05, 0) is 24.6 Å². The van der Waals surface area contributed by atoms with Crippen molar-refractivity contribution in [1.82, 2.24) is 0 Å². The minimum Gasteiger partial charge on any atom is -0.263 e. The zero-order valence-corrected chi connectivity index (χ0v) is 8.96. The van der Waals surface area contributed by atoms with Crippen LogP contribution in [0.4, 0.5) is 18.9 Å². The predicted octanol–water partition coefficient (Wildman–Crippen LogP) is 1.76. The highest BCUT2D eigenvalue weighted by atomic mass is 32.2. The van der Waals surface area contributed by atoms with Crippen molar-refractivity contribution in [3.63, 3.8) is 0 Å². The third-order valence-electron chi connectivity index (χ3n) is 1.76. The molecule has 0 fully saturated rings. The summed E-state index contributed by atoms with van der Waals surface area (Å²) in [5.74, 6) is 0. The maximum atomic E-state index is 12.1. The topological polar surface area (TPSA) is 37.4 Å². The average Bonchev–Trinajstić information content (AvgIpc) is 2.14. The molecule has 0 saturated carbocycles. The molecule has 1 aromatic rings. The van der Waals surface area contributed by atoms with Gasteiger partial charge in [-0.2, -0.15) is 13.2 Å². The standard InChI is InChI=1S/C9H9F3NO2S/c1-7-2-4-8(5-3-7)13(16(14)15)6-9(10,11)12/h2-5,16H,1,6H2. The number of rotatable bonds is 3. The Balaban J connectivity index is 2.99. The van der Waals surface area contributed by atoms with Crippen LogP contribution in [-0.4, -0.2) is 21.1 Å². The minimum absolute atomic E-state index is 0.0270. The van der Waals surface area contributed by atoms with Gasteiger partial charge in [-0.15, -0.1) is 0 Å². The molecule has 0 spiro atoms. The van der Waals surface area contributed by atoms with Crippen LogP contribution in [0, 0.1) is 6.92 Å². The Labute approximate surface area is 92.6 Å². The van der Waals surface area contributed by atoms with E-state index in [1.165, 1.54) is 24.3 Å². The smallest absolute Gasteiger partial charge is 0.263 e. The molecule has 0 aromatic heterocycles. The molecule has 3 nitrogen and oxygen atoms in total. The summed E-state index contributed by atoms with van der Waals surface area (Å²) in [6.45, 7) is 2.02. The largest absolute Gasteiger partial charge is 0.407 e. The SMILES string of the molecule is [CH2]c1ccc(N(CC(F)(F)F)[SH](=O)=O)cc1. The van der Waals surface area contributed by atoms with Crippen LogP contribution < -0.4 is 4.31 Å². The Morgan fingerprint density at radius 2 is 1.69 bits per heavy atom. The van der Waals surface area contributed by atoms with Crippen LogP contribution in [0.25, 0.3) is 0 Å². The van der Waals surface area contributed by atoms with Gasteiger partial charge in [0.1, 0.15) is 6.54 Å². The number of hydrogen-bond donors (Lipinski definition) is 1. The zero-order valence-electron chi connectivity index (χ0n) is 8.07. The van der Waals surface area contributed by atoms with E-state index in [2.05, 4.69) is 6.92 Å². The second-order valence-electron chi connectivity index (χ2n) is 3.08. The molecule has 0 unspecified atom stereocenters. The van der Waals surface area contributed by atoms with Crippen molar-refractivity contribution in [3.05, 3.63) is 36.8 Å². The van der Waals surface area contributed by atoms with E-state index in [9.17, 15) is 21.6 Å². The molecule has 89 valence electrons. The highest BCUT2D eigenvalue weighted by molar-refractivity contribution is 7.74. The second kappa shape index (κ2) is 4.73. The molecule has 7 heteroatoms. The summed E-state index contributed by atoms with van der Waals surface area (Å²) in [4.78, 5) is 0. The van der Waals surface area contributed by atoms with E-state index < -0.39 is 23.6 Å². The molecule has 0 N–H and O–H groups in total. The molecule has 0 heterocycles. The molecule has 0 atom stereocenters. The van der Waals surface area contributed by atoms with Gasteiger partial charge >= 0.3 is 6.18 Å². The summed E-state index contributed by atoms with van der Waals surface area (Å²) in [5.41, 5.74) is 0.567. The lowest BCUT2D eigenvalue weighted by atomic mass is 10.2. The van der Waals surface area contributed by atoms with Gasteiger partial charge in [0.25, 0.3) is 0 Å².